The number of amides is 1. The second-order valence-electron chi connectivity index (χ2n) is 6.52. The lowest BCUT2D eigenvalue weighted by molar-refractivity contribution is -0.113. The van der Waals surface area contributed by atoms with E-state index in [2.05, 4.69) is 4.90 Å². The summed E-state index contributed by atoms with van der Waals surface area (Å²) in [5.41, 5.74) is 2.17. The predicted molar refractivity (Wildman–Crippen MR) is 106 cm³/mol. The van der Waals surface area contributed by atoms with Gasteiger partial charge in [0.2, 0.25) is 5.96 Å². The van der Waals surface area contributed by atoms with Gasteiger partial charge in [-0.15, -0.1) is 0 Å². The molecule has 0 radical (unpaired) electrons. The molecular weight excluding hydrogens is 346 g/mol. The minimum absolute atomic E-state index is 0.114. The second kappa shape index (κ2) is 7.34. The number of hydrogen-bond donors (Lipinski definition) is 0. The van der Waals surface area contributed by atoms with Crippen LogP contribution in [0.3, 0.4) is 0 Å². The van der Waals surface area contributed by atoms with Crippen LogP contribution in [-0.4, -0.2) is 29.9 Å². The van der Waals surface area contributed by atoms with Crippen LogP contribution in [0.5, 0.6) is 0 Å². The van der Waals surface area contributed by atoms with Crippen LogP contribution in [0.15, 0.2) is 65.3 Å². The van der Waals surface area contributed by atoms with Crippen LogP contribution in [0.4, 0.5) is 5.69 Å². The number of guanidine groups is 1. The third-order valence-corrected chi connectivity index (χ3v) is 4.89. The van der Waals surface area contributed by atoms with Gasteiger partial charge in [0.15, 0.2) is 0 Å². The highest BCUT2D eigenvalue weighted by molar-refractivity contribution is 6.32. The zero-order valence-electron chi connectivity index (χ0n) is 14.4. The number of hydrogen-bond acceptors (Lipinski definition) is 3. The van der Waals surface area contributed by atoms with Crippen molar-refractivity contribution in [3.63, 3.8) is 0 Å². The zero-order valence-corrected chi connectivity index (χ0v) is 15.2. The van der Waals surface area contributed by atoms with Crippen LogP contribution in [0.2, 0.25) is 5.02 Å². The summed E-state index contributed by atoms with van der Waals surface area (Å²) >= 11 is 6.16. The Balaban J connectivity index is 1.75. The average molecular weight is 366 g/mol. The maximum Gasteiger partial charge on any atom is 0.283 e. The molecule has 4 nitrogen and oxygen atoms in total. The van der Waals surface area contributed by atoms with Crippen molar-refractivity contribution in [1.82, 2.24) is 4.90 Å². The fourth-order valence-electron chi connectivity index (χ4n) is 3.37. The van der Waals surface area contributed by atoms with Gasteiger partial charge in [-0.1, -0.05) is 48.0 Å². The molecule has 0 aliphatic carbocycles. The summed E-state index contributed by atoms with van der Waals surface area (Å²) < 4.78 is 0. The fourth-order valence-corrected chi connectivity index (χ4v) is 3.55. The monoisotopic (exact) mass is 365 g/mol. The fraction of sp³-hybridized carbons (Fsp3) is 0.238. The number of piperidine rings is 1. The topological polar surface area (TPSA) is 35.9 Å². The highest BCUT2D eigenvalue weighted by Crippen LogP contribution is 2.29. The maximum atomic E-state index is 13.1. The van der Waals surface area contributed by atoms with Crippen molar-refractivity contribution in [2.24, 2.45) is 4.99 Å². The molecule has 0 saturated carbocycles. The predicted octanol–water partition coefficient (Wildman–Crippen LogP) is 4.57. The van der Waals surface area contributed by atoms with Gasteiger partial charge in [-0.25, -0.2) is 9.89 Å². The molecule has 0 bridgehead atoms. The molecule has 132 valence electrons. The van der Waals surface area contributed by atoms with E-state index in [1.807, 2.05) is 60.7 Å². The lowest BCUT2D eigenvalue weighted by atomic mass is 10.1. The largest absolute Gasteiger partial charge is 0.342 e. The first-order chi connectivity index (χ1) is 12.7. The Labute approximate surface area is 158 Å². The van der Waals surface area contributed by atoms with Gasteiger partial charge in [-0.2, -0.15) is 0 Å². The first-order valence-electron chi connectivity index (χ1n) is 8.93. The molecule has 1 amide bonds. The second-order valence-corrected chi connectivity index (χ2v) is 6.96. The lowest BCUT2D eigenvalue weighted by Crippen LogP contribution is -2.46. The van der Waals surface area contributed by atoms with Crippen molar-refractivity contribution in [1.29, 1.82) is 0 Å². The number of likely N-dealkylation sites (tertiary alicyclic amines) is 1. The Bertz CT molecular complexity index is 870. The molecule has 0 atom stereocenters. The van der Waals surface area contributed by atoms with E-state index >= 15 is 0 Å². The standard InChI is InChI=1S/C21H20ClN3O/c22-17-10-7-11-18(15-17)25-20(26)19(14-16-8-3-1-4-9-16)23-21(25)24-12-5-2-6-13-24/h1,3-4,7-11,14-15H,2,5-6,12-13H2. The van der Waals surface area contributed by atoms with Gasteiger partial charge in [0.1, 0.15) is 5.70 Å². The Kier molecular flexibility index (Phi) is 4.76. The number of halogens is 1. The summed E-state index contributed by atoms with van der Waals surface area (Å²) in [6.45, 7) is 1.84. The van der Waals surface area contributed by atoms with E-state index in [0.717, 1.165) is 37.2 Å². The van der Waals surface area contributed by atoms with E-state index in [1.54, 1.807) is 4.90 Å². The molecule has 2 heterocycles. The summed E-state index contributed by atoms with van der Waals surface area (Å²) in [5.74, 6) is 0.593. The normalized spacial score (nSPS) is 19.2. The van der Waals surface area contributed by atoms with Crippen molar-refractivity contribution in [2.75, 3.05) is 18.0 Å². The SMILES string of the molecule is O=C1C(=Cc2ccccc2)N=C(N2CCCCC2)N1c1cccc(Cl)c1. The Morgan fingerprint density at radius 1 is 0.962 bits per heavy atom. The van der Waals surface area contributed by atoms with E-state index in [4.69, 9.17) is 16.6 Å². The first-order valence-corrected chi connectivity index (χ1v) is 9.30. The Hall–Kier alpha value is -2.59. The van der Waals surface area contributed by atoms with E-state index in [9.17, 15) is 4.79 Å². The molecule has 0 aromatic heterocycles. The number of benzene rings is 2. The smallest absolute Gasteiger partial charge is 0.283 e. The highest BCUT2D eigenvalue weighted by atomic mass is 35.5. The number of carbonyl (C=O) groups excluding carboxylic acids is 1. The summed E-state index contributed by atoms with van der Waals surface area (Å²) in [7, 11) is 0. The van der Waals surface area contributed by atoms with Crippen molar-refractivity contribution < 1.29 is 4.79 Å². The number of carbonyl (C=O) groups is 1. The number of anilines is 1. The zero-order chi connectivity index (χ0) is 17.9. The number of rotatable bonds is 2. The molecule has 2 aromatic rings. The van der Waals surface area contributed by atoms with Gasteiger partial charge >= 0.3 is 0 Å². The summed E-state index contributed by atoms with van der Waals surface area (Å²) in [6.07, 6.45) is 5.31. The van der Waals surface area contributed by atoms with Gasteiger partial charge in [0.25, 0.3) is 5.91 Å². The van der Waals surface area contributed by atoms with E-state index < -0.39 is 0 Å². The van der Waals surface area contributed by atoms with Crippen molar-refractivity contribution >= 4 is 35.2 Å². The molecule has 1 saturated heterocycles. The summed E-state index contributed by atoms with van der Waals surface area (Å²) in [4.78, 5) is 21.7. The third-order valence-electron chi connectivity index (χ3n) is 4.65. The van der Waals surface area contributed by atoms with E-state index in [-0.39, 0.29) is 5.91 Å². The molecule has 4 rings (SSSR count). The molecule has 26 heavy (non-hydrogen) atoms. The highest BCUT2D eigenvalue weighted by Gasteiger charge is 2.35. The number of nitrogens with zero attached hydrogens (tertiary/aromatic N) is 3. The van der Waals surface area contributed by atoms with Gasteiger partial charge in [0.05, 0.1) is 5.69 Å². The van der Waals surface area contributed by atoms with Crippen LogP contribution < -0.4 is 4.90 Å². The average Bonchev–Trinajstić information content (AvgIpc) is 3.00. The minimum Gasteiger partial charge on any atom is -0.342 e. The van der Waals surface area contributed by atoms with Crippen LogP contribution in [0.1, 0.15) is 24.8 Å². The van der Waals surface area contributed by atoms with E-state index in [0.29, 0.717) is 16.7 Å². The van der Waals surface area contributed by atoms with Gasteiger partial charge in [-0.3, -0.25) is 4.79 Å². The van der Waals surface area contributed by atoms with Crippen LogP contribution in [0.25, 0.3) is 6.08 Å². The van der Waals surface area contributed by atoms with Gasteiger partial charge in [-0.05, 0) is 49.1 Å². The van der Waals surface area contributed by atoms with Crippen LogP contribution >= 0.6 is 11.6 Å². The number of aliphatic imine (C=N–C) groups is 1. The van der Waals surface area contributed by atoms with Crippen LogP contribution in [-0.2, 0) is 4.79 Å². The Morgan fingerprint density at radius 3 is 2.46 bits per heavy atom. The molecular formula is C21H20ClN3O. The van der Waals surface area contributed by atoms with Gasteiger partial charge in [0, 0.05) is 18.1 Å². The Morgan fingerprint density at radius 2 is 1.73 bits per heavy atom. The quantitative estimate of drug-likeness (QED) is 0.731. The van der Waals surface area contributed by atoms with Crippen molar-refractivity contribution in [2.45, 2.75) is 19.3 Å². The molecule has 5 heteroatoms. The summed E-state index contributed by atoms with van der Waals surface area (Å²) in [5, 5.41) is 0.605. The molecule has 2 aliphatic rings. The van der Waals surface area contributed by atoms with Crippen molar-refractivity contribution in [3.05, 3.63) is 70.9 Å². The lowest BCUT2D eigenvalue weighted by Gasteiger charge is -2.32. The molecule has 0 unspecified atom stereocenters. The van der Waals surface area contributed by atoms with Gasteiger partial charge < -0.3 is 4.90 Å². The van der Waals surface area contributed by atoms with Crippen molar-refractivity contribution in [3.8, 4) is 0 Å². The molecule has 0 spiro atoms. The van der Waals surface area contributed by atoms with Crippen LogP contribution in [0, 0.1) is 0 Å². The first kappa shape index (κ1) is 16.9. The summed E-state index contributed by atoms with van der Waals surface area (Å²) in [6, 6.07) is 17.2. The van der Waals surface area contributed by atoms with E-state index in [1.165, 1.54) is 6.42 Å². The molecule has 2 aliphatic heterocycles. The molecule has 2 aromatic carbocycles. The molecule has 1 fully saturated rings. The minimum atomic E-state index is -0.114. The third kappa shape index (κ3) is 3.37. The maximum absolute atomic E-state index is 13.1. The molecule has 0 N–H and O–H groups in total.